The molecule has 0 bridgehead atoms. The van der Waals surface area contributed by atoms with E-state index in [1.165, 1.54) is 4.90 Å². The fourth-order valence-corrected chi connectivity index (χ4v) is 2.44. The van der Waals surface area contributed by atoms with Crippen molar-refractivity contribution in [2.45, 2.75) is 19.3 Å². The van der Waals surface area contributed by atoms with Crippen molar-refractivity contribution in [3.63, 3.8) is 0 Å². The van der Waals surface area contributed by atoms with Crippen molar-refractivity contribution in [2.24, 2.45) is 5.92 Å². The zero-order valence-electron chi connectivity index (χ0n) is 11.7. The van der Waals surface area contributed by atoms with Gasteiger partial charge in [0.1, 0.15) is 5.75 Å². The van der Waals surface area contributed by atoms with Crippen LogP contribution >= 0.6 is 0 Å². The van der Waals surface area contributed by atoms with Gasteiger partial charge in [-0.3, -0.25) is 9.59 Å². The van der Waals surface area contributed by atoms with E-state index < -0.39 is 11.9 Å². The van der Waals surface area contributed by atoms with E-state index in [0.717, 1.165) is 11.3 Å². The highest BCUT2D eigenvalue weighted by Crippen LogP contribution is 2.34. The van der Waals surface area contributed by atoms with Gasteiger partial charge in [-0.15, -0.1) is 0 Å². The second-order valence-electron chi connectivity index (χ2n) is 5.19. The molecule has 0 fully saturated rings. The van der Waals surface area contributed by atoms with Crippen LogP contribution in [0.3, 0.4) is 0 Å². The number of likely N-dealkylation sites (N-methyl/N-ethyl adjacent to an activating group) is 1. The Morgan fingerprint density at radius 1 is 1.45 bits per heavy atom. The second-order valence-corrected chi connectivity index (χ2v) is 5.19. The molecule has 1 aromatic rings. The smallest absolute Gasteiger partial charge is 0.308 e. The van der Waals surface area contributed by atoms with Gasteiger partial charge in [-0.1, -0.05) is 25.1 Å². The number of hydrogen-bond acceptors (Lipinski definition) is 3. The maximum absolute atomic E-state index is 12.5. The quantitative estimate of drug-likeness (QED) is 0.910. The minimum Gasteiger partial charge on any atom is -0.493 e. The van der Waals surface area contributed by atoms with Crippen molar-refractivity contribution < 1.29 is 19.4 Å². The van der Waals surface area contributed by atoms with Crippen molar-refractivity contribution >= 4 is 11.9 Å². The number of para-hydroxylation sites is 1. The van der Waals surface area contributed by atoms with Gasteiger partial charge in [-0.25, -0.2) is 0 Å². The summed E-state index contributed by atoms with van der Waals surface area (Å²) in [6, 6.07) is 7.51. The standard InChI is InChI=1S/C15H19NO4/c1-10(15(18)19)9-16(2)14(17)12-7-8-20-13-6-4-3-5-11(12)13/h3-6,10,12H,7-9H2,1-2H3,(H,18,19)/t10-,12+/m1/s1. The van der Waals surface area contributed by atoms with Gasteiger partial charge < -0.3 is 14.7 Å². The lowest BCUT2D eigenvalue weighted by atomic mass is 9.91. The van der Waals surface area contributed by atoms with Crippen LogP contribution < -0.4 is 4.74 Å². The number of nitrogens with zero attached hydrogens (tertiary/aromatic N) is 1. The molecule has 5 heteroatoms. The van der Waals surface area contributed by atoms with Crippen LogP contribution in [0, 0.1) is 5.92 Å². The molecule has 0 spiro atoms. The Balaban J connectivity index is 2.12. The molecule has 20 heavy (non-hydrogen) atoms. The van der Waals surface area contributed by atoms with Crippen LogP contribution in [0.5, 0.6) is 5.75 Å². The highest BCUT2D eigenvalue weighted by Gasteiger charge is 2.30. The number of amides is 1. The molecule has 1 N–H and O–H groups in total. The number of aliphatic carboxylic acids is 1. The first-order chi connectivity index (χ1) is 9.50. The number of carboxylic acids is 1. The normalized spacial score (nSPS) is 18.6. The first kappa shape index (κ1) is 14.4. The predicted molar refractivity (Wildman–Crippen MR) is 73.7 cm³/mol. The summed E-state index contributed by atoms with van der Waals surface area (Å²) in [5.41, 5.74) is 0.888. The van der Waals surface area contributed by atoms with Crippen LogP contribution in [-0.4, -0.2) is 42.1 Å². The lowest BCUT2D eigenvalue weighted by Gasteiger charge is -2.29. The zero-order chi connectivity index (χ0) is 14.7. The number of fused-ring (bicyclic) bond motifs is 1. The lowest BCUT2D eigenvalue weighted by Crippen LogP contribution is -2.38. The number of carbonyl (C=O) groups excluding carboxylic acids is 1. The molecule has 1 aliphatic rings. The minimum absolute atomic E-state index is 0.0474. The monoisotopic (exact) mass is 277 g/mol. The van der Waals surface area contributed by atoms with Crippen LogP contribution in [0.15, 0.2) is 24.3 Å². The van der Waals surface area contributed by atoms with Gasteiger partial charge in [0.05, 0.1) is 18.4 Å². The molecule has 2 atom stereocenters. The van der Waals surface area contributed by atoms with Crippen molar-refractivity contribution in [2.75, 3.05) is 20.2 Å². The molecule has 0 saturated carbocycles. The topological polar surface area (TPSA) is 66.8 Å². The van der Waals surface area contributed by atoms with Crippen LogP contribution in [0.1, 0.15) is 24.8 Å². The second kappa shape index (κ2) is 5.94. The van der Waals surface area contributed by atoms with E-state index in [1.807, 2.05) is 24.3 Å². The van der Waals surface area contributed by atoms with Gasteiger partial charge in [0.15, 0.2) is 0 Å². The molecule has 108 valence electrons. The van der Waals surface area contributed by atoms with Gasteiger partial charge in [0.2, 0.25) is 5.91 Å². The van der Waals surface area contributed by atoms with E-state index in [0.29, 0.717) is 13.0 Å². The van der Waals surface area contributed by atoms with Gasteiger partial charge in [0, 0.05) is 19.2 Å². The van der Waals surface area contributed by atoms with Crippen LogP contribution in [0.4, 0.5) is 0 Å². The third kappa shape index (κ3) is 2.92. The number of ether oxygens (including phenoxy) is 1. The number of rotatable bonds is 4. The van der Waals surface area contributed by atoms with Crippen LogP contribution in [0.2, 0.25) is 0 Å². The molecule has 0 aromatic heterocycles. The SMILES string of the molecule is C[C@H](CN(C)C(=O)[C@H]1CCOc2ccccc21)C(=O)O. The average Bonchev–Trinajstić information content (AvgIpc) is 2.45. The number of carboxylic acid groups (broad SMARTS) is 1. The molecule has 0 unspecified atom stereocenters. The van der Waals surface area contributed by atoms with E-state index in [-0.39, 0.29) is 18.4 Å². The van der Waals surface area contributed by atoms with Gasteiger partial charge >= 0.3 is 5.97 Å². The molecule has 1 heterocycles. The molecular weight excluding hydrogens is 258 g/mol. The molecule has 1 aliphatic heterocycles. The fraction of sp³-hybridized carbons (Fsp3) is 0.467. The first-order valence-electron chi connectivity index (χ1n) is 6.70. The zero-order valence-corrected chi connectivity index (χ0v) is 11.7. The molecule has 1 amide bonds. The van der Waals surface area contributed by atoms with Crippen LogP contribution in [0.25, 0.3) is 0 Å². The van der Waals surface area contributed by atoms with Gasteiger partial charge in [0.25, 0.3) is 0 Å². The molecule has 1 aromatic carbocycles. The Morgan fingerprint density at radius 2 is 2.15 bits per heavy atom. The Kier molecular flexibility index (Phi) is 4.27. The Hall–Kier alpha value is -2.04. The van der Waals surface area contributed by atoms with Crippen molar-refractivity contribution in [1.82, 2.24) is 4.90 Å². The molecule has 2 rings (SSSR count). The fourth-order valence-electron chi connectivity index (χ4n) is 2.44. The van der Waals surface area contributed by atoms with E-state index in [4.69, 9.17) is 9.84 Å². The average molecular weight is 277 g/mol. The van der Waals surface area contributed by atoms with Crippen molar-refractivity contribution in [3.8, 4) is 5.75 Å². The maximum atomic E-state index is 12.5. The third-order valence-electron chi connectivity index (χ3n) is 3.60. The summed E-state index contributed by atoms with van der Waals surface area (Å²) < 4.78 is 5.54. The summed E-state index contributed by atoms with van der Waals surface area (Å²) >= 11 is 0. The molecular formula is C15H19NO4. The number of hydrogen-bond donors (Lipinski definition) is 1. The number of benzene rings is 1. The van der Waals surface area contributed by atoms with Gasteiger partial charge in [-0.05, 0) is 12.5 Å². The lowest BCUT2D eigenvalue weighted by molar-refractivity contribution is -0.143. The third-order valence-corrected chi connectivity index (χ3v) is 3.60. The Labute approximate surface area is 118 Å². The van der Waals surface area contributed by atoms with E-state index in [2.05, 4.69) is 0 Å². The largest absolute Gasteiger partial charge is 0.493 e. The Morgan fingerprint density at radius 3 is 2.85 bits per heavy atom. The summed E-state index contributed by atoms with van der Waals surface area (Å²) in [6.07, 6.45) is 0.627. The van der Waals surface area contributed by atoms with Crippen molar-refractivity contribution in [3.05, 3.63) is 29.8 Å². The van der Waals surface area contributed by atoms with E-state index >= 15 is 0 Å². The summed E-state index contributed by atoms with van der Waals surface area (Å²) in [6.45, 7) is 2.33. The van der Waals surface area contributed by atoms with Crippen LogP contribution in [-0.2, 0) is 9.59 Å². The van der Waals surface area contributed by atoms with E-state index in [1.54, 1.807) is 14.0 Å². The predicted octanol–water partition coefficient (Wildman–Crippen LogP) is 1.73. The highest BCUT2D eigenvalue weighted by molar-refractivity contribution is 5.85. The first-order valence-corrected chi connectivity index (χ1v) is 6.70. The molecule has 0 saturated heterocycles. The van der Waals surface area contributed by atoms with E-state index in [9.17, 15) is 9.59 Å². The number of carbonyl (C=O) groups is 2. The maximum Gasteiger partial charge on any atom is 0.308 e. The molecule has 0 radical (unpaired) electrons. The summed E-state index contributed by atoms with van der Waals surface area (Å²) in [7, 11) is 1.65. The Bertz CT molecular complexity index is 514. The summed E-state index contributed by atoms with van der Waals surface area (Å²) in [5, 5.41) is 8.92. The highest BCUT2D eigenvalue weighted by atomic mass is 16.5. The minimum atomic E-state index is -0.892. The van der Waals surface area contributed by atoms with Crippen molar-refractivity contribution in [1.29, 1.82) is 0 Å². The summed E-state index contributed by atoms with van der Waals surface area (Å²) in [4.78, 5) is 24.9. The van der Waals surface area contributed by atoms with Gasteiger partial charge in [-0.2, -0.15) is 0 Å². The molecule has 5 nitrogen and oxygen atoms in total. The summed E-state index contributed by atoms with van der Waals surface area (Å²) in [5.74, 6) is -1.01. The molecule has 0 aliphatic carbocycles.